The van der Waals surface area contributed by atoms with Gasteiger partial charge in [0.15, 0.2) is 17.3 Å². The number of unbranched alkanes of at least 4 members (excludes halogenated alkanes) is 4. The number of rotatable bonds is 9. The van der Waals surface area contributed by atoms with Crippen LogP contribution in [0.1, 0.15) is 74.7 Å². The number of phenolic OH excluding ortho intramolecular Hbond substituents is 2. The number of Topliss-reactive ketones (excluding diaryl/α,β-unsaturated/α-hetero) is 1. The minimum atomic E-state index is -0.333. The Bertz CT molecular complexity index is 565. The number of ketones is 1. The molecule has 1 aromatic carbocycles. The summed E-state index contributed by atoms with van der Waals surface area (Å²) in [6.45, 7) is 4.07. The first-order valence-corrected chi connectivity index (χ1v) is 8.51. The highest BCUT2D eigenvalue weighted by molar-refractivity contribution is 6.02. The standard InChI is InChI=1S/C18H26O5/c1-3-5-6-7-8-10-13(19)14-12(9-4-2)15(20)16(21)18-17(14)22-11-23-18/h20-21H,3-11H2,1-2H3. The smallest absolute Gasteiger partial charge is 0.231 e. The average molecular weight is 322 g/mol. The fourth-order valence-corrected chi connectivity index (χ4v) is 2.95. The molecular weight excluding hydrogens is 296 g/mol. The Balaban J connectivity index is 2.24. The molecule has 0 radical (unpaired) electrons. The van der Waals surface area contributed by atoms with Gasteiger partial charge in [-0.1, -0.05) is 46.0 Å². The summed E-state index contributed by atoms with van der Waals surface area (Å²) in [4.78, 5) is 12.7. The first-order chi connectivity index (χ1) is 11.1. The second-order valence-corrected chi connectivity index (χ2v) is 5.95. The van der Waals surface area contributed by atoms with Crippen LogP contribution in [0.25, 0.3) is 0 Å². The predicted molar refractivity (Wildman–Crippen MR) is 87.6 cm³/mol. The first-order valence-electron chi connectivity index (χ1n) is 8.51. The Labute approximate surface area is 137 Å². The maximum absolute atomic E-state index is 12.7. The molecular formula is C18H26O5. The van der Waals surface area contributed by atoms with Crippen molar-refractivity contribution in [1.82, 2.24) is 0 Å². The van der Waals surface area contributed by atoms with E-state index in [2.05, 4.69) is 6.92 Å². The third-order valence-corrected chi connectivity index (χ3v) is 4.15. The van der Waals surface area contributed by atoms with E-state index in [0.29, 0.717) is 24.0 Å². The second kappa shape index (κ2) is 8.09. The molecule has 0 saturated heterocycles. The molecule has 128 valence electrons. The van der Waals surface area contributed by atoms with Crippen molar-refractivity contribution in [1.29, 1.82) is 0 Å². The monoisotopic (exact) mass is 322 g/mol. The zero-order chi connectivity index (χ0) is 16.8. The maximum atomic E-state index is 12.7. The van der Waals surface area contributed by atoms with E-state index in [1.807, 2.05) is 6.92 Å². The van der Waals surface area contributed by atoms with E-state index >= 15 is 0 Å². The van der Waals surface area contributed by atoms with E-state index in [1.54, 1.807) is 0 Å². The van der Waals surface area contributed by atoms with Crippen LogP contribution in [0, 0.1) is 0 Å². The number of aromatic hydroxyl groups is 2. The maximum Gasteiger partial charge on any atom is 0.231 e. The molecule has 0 fully saturated rings. The lowest BCUT2D eigenvalue weighted by atomic mass is 9.94. The zero-order valence-corrected chi connectivity index (χ0v) is 14.0. The minimum Gasteiger partial charge on any atom is -0.504 e. The fraction of sp³-hybridized carbons (Fsp3) is 0.611. The summed E-state index contributed by atoms with van der Waals surface area (Å²) in [6.07, 6.45) is 7.00. The van der Waals surface area contributed by atoms with Gasteiger partial charge in [0.2, 0.25) is 18.3 Å². The van der Waals surface area contributed by atoms with Gasteiger partial charge in [-0.15, -0.1) is 0 Å². The van der Waals surface area contributed by atoms with Crippen molar-refractivity contribution in [3.05, 3.63) is 11.1 Å². The van der Waals surface area contributed by atoms with E-state index in [1.165, 1.54) is 12.8 Å². The normalized spacial score (nSPS) is 12.6. The molecule has 2 rings (SSSR count). The Morgan fingerprint density at radius 2 is 1.65 bits per heavy atom. The number of hydrogen-bond donors (Lipinski definition) is 2. The molecule has 0 unspecified atom stereocenters. The summed E-state index contributed by atoms with van der Waals surface area (Å²) in [7, 11) is 0. The van der Waals surface area contributed by atoms with Gasteiger partial charge in [-0.05, 0) is 12.8 Å². The predicted octanol–water partition coefficient (Wildman–Crippen LogP) is 4.32. The van der Waals surface area contributed by atoms with E-state index in [9.17, 15) is 15.0 Å². The van der Waals surface area contributed by atoms with E-state index in [0.717, 1.165) is 25.7 Å². The molecule has 0 aromatic heterocycles. The van der Waals surface area contributed by atoms with Gasteiger partial charge in [-0.25, -0.2) is 0 Å². The lowest BCUT2D eigenvalue weighted by Crippen LogP contribution is -2.07. The highest BCUT2D eigenvalue weighted by atomic mass is 16.7. The Morgan fingerprint density at radius 1 is 0.957 bits per heavy atom. The van der Waals surface area contributed by atoms with Gasteiger partial charge < -0.3 is 19.7 Å². The molecule has 1 heterocycles. The Kier molecular flexibility index (Phi) is 6.13. The molecule has 1 aromatic rings. The van der Waals surface area contributed by atoms with Crippen molar-refractivity contribution in [3.8, 4) is 23.0 Å². The molecule has 0 aliphatic carbocycles. The fourth-order valence-electron chi connectivity index (χ4n) is 2.95. The third kappa shape index (κ3) is 3.71. The van der Waals surface area contributed by atoms with E-state index < -0.39 is 0 Å². The lowest BCUT2D eigenvalue weighted by Gasteiger charge is -2.14. The molecule has 23 heavy (non-hydrogen) atoms. The number of hydrogen-bond acceptors (Lipinski definition) is 5. The van der Waals surface area contributed by atoms with Crippen LogP contribution in [0.4, 0.5) is 0 Å². The van der Waals surface area contributed by atoms with Gasteiger partial charge >= 0.3 is 0 Å². The van der Waals surface area contributed by atoms with Gasteiger partial charge in [0, 0.05) is 12.0 Å². The van der Waals surface area contributed by atoms with Crippen LogP contribution in [-0.4, -0.2) is 22.8 Å². The van der Waals surface area contributed by atoms with Gasteiger partial charge in [0.25, 0.3) is 0 Å². The number of fused-ring (bicyclic) bond motifs is 1. The number of ether oxygens (including phenoxy) is 2. The van der Waals surface area contributed by atoms with E-state index in [4.69, 9.17) is 9.47 Å². The largest absolute Gasteiger partial charge is 0.504 e. The molecule has 0 bridgehead atoms. The van der Waals surface area contributed by atoms with Crippen LogP contribution in [0.5, 0.6) is 23.0 Å². The summed E-state index contributed by atoms with van der Waals surface area (Å²) in [5.41, 5.74) is 0.845. The second-order valence-electron chi connectivity index (χ2n) is 5.95. The summed E-state index contributed by atoms with van der Waals surface area (Å²) in [5.74, 6) is -0.285. The van der Waals surface area contributed by atoms with Crippen molar-refractivity contribution in [2.24, 2.45) is 0 Å². The highest BCUT2D eigenvalue weighted by Gasteiger charge is 2.32. The zero-order valence-electron chi connectivity index (χ0n) is 14.0. The van der Waals surface area contributed by atoms with E-state index in [-0.39, 0.29) is 35.6 Å². The molecule has 1 aliphatic rings. The molecule has 0 saturated carbocycles. The molecule has 5 heteroatoms. The van der Waals surface area contributed by atoms with Crippen molar-refractivity contribution in [2.45, 2.75) is 65.2 Å². The summed E-state index contributed by atoms with van der Waals surface area (Å²) in [6, 6.07) is 0. The quantitative estimate of drug-likeness (QED) is 0.402. The van der Waals surface area contributed by atoms with Gasteiger partial charge in [-0.3, -0.25) is 4.79 Å². The topological polar surface area (TPSA) is 76.0 Å². The van der Waals surface area contributed by atoms with Crippen molar-refractivity contribution in [3.63, 3.8) is 0 Å². The van der Waals surface area contributed by atoms with Crippen LogP contribution < -0.4 is 9.47 Å². The third-order valence-electron chi connectivity index (χ3n) is 4.15. The number of phenols is 2. The van der Waals surface area contributed by atoms with Crippen LogP contribution >= 0.6 is 0 Å². The van der Waals surface area contributed by atoms with Crippen LogP contribution in [0.3, 0.4) is 0 Å². The van der Waals surface area contributed by atoms with Crippen LogP contribution in [0.15, 0.2) is 0 Å². The molecule has 0 spiro atoms. The molecule has 0 atom stereocenters. The van der Waals surface area contributed by atoms with Crippen molar-refractivity contribution < 1.29 is 24.5 Å². The van der Waals surface area contributed by atoms with Gasteiger partial charge in [0.1, 0.15) is 0 Å². The number of carbonyl (C=O) groups excluding carboxylic acids is 1. The first kappa shape index (κ1) is 17.4. The highest BCUT2D eigenvalue weighted by Crippen LogP contribution is 2.51. The molecule has 0 amide bonds. The number of benzene rings is 1. The average Bonchev–Trinajstić information content (AvgIpc) is 3.01. The number of carbonyl (C=O) groups is 1. The summed E-state index contributed by atoms with van der Waals surface area (Å²) < 4.78 is 10.6. The van der Waals surface area contributed by atoms with Crippen LogP contribution in [-0.2, 0) is 6.42 Å². The molecule has 2 N–H and O–H groups in total. The summed E-state index contributed by atoms with van der Waals surface area (Å²) in [5, 5.41) is 20.3. The van der Waals surface area contributed by atoms with Crippen molar-refractivity contribution in [2.75, 3.05) is 6.79 Å². The molecule has 5 nitrogen and oxygen atoms in total. The SMILES string of the molecule is CCCCCCCC(=O)c1c(CCC)c(O)c(O)c2c1OCO2. The lowest BCUT2D eigenvalue weighted by molar-refractivity contribution is 0.0973. The van der Waals surface area contributed by atoms with Gasteiger partial charge in [0.05, 0.1) is 5.56 Å². The Morgan fingerprint density at radius 3 is 2.35 bits per heavy atom. The minimum absolute atomic E-state index is 0.0469. The van der Waals surface area contributed by atoms with Crippen molar-refractivity contribution >= 4 is 5.78 Å². The molecule has 1 aliphatic heterocycles. The van der Waals surface area contributed by atoms with Crippen LogP contribution in [0.2, 0.25) is 0 Å². The Hall–Kier alpha value is -1.91. The van der Waals surface area contributed by atoms with Gasteiger partial charge in [-0.2, -0.15) is 0 Å². The summed E-state index contributed by atoms with van der Waals surface area (Å²) >= 11 is 0.